The lowest BCUT2D eigenvalue weighted by Crippen LogP contribution is -2.27. The summed E-state index contributed by atoms with van der Waals surface area (Å²) < 4.78 is 0. The highest BCUT2D eigenvalue weighted by Gasteiger charge is 2.22. The van der Waals surface area contributed by atoms with Crippen LogP contribution in [0.2, 0.25) is 0 Å². The quantitative estimate of drug-likeness (QED) is 0.511. The van der Waals surface area contributed by atoms with Crippen molar-refractivity contribution in [3.05, 3.63) is 0 Å². The zero-order chi connectivity index (χ0) is 9.61. The number of aliphatic hydroxyl groups is 2. The second kappa shape index (κ2) is 5.11. The third kappa shape index (κ3) is 6.12. The summed E-state index contributed by atoms with van der Waals surface area (Å²) >= 11 is 0. The van der Waals surface area contributed by atoms with Crippen LogP contribution in [0.5, 0.6) is 0 Å². The second-order valence-electron chi connectivity index (χ2n) is 3.25. The van der Waals surface area contributed by atoms with E-state index in [9.17, 15) is 9.90 Å². The minimum Gasteiger partial charge on any atom is -0.481 e. The van der Waals surface area contributed by atoms with E-state index in [1.807, 2.05) is 0 Å². The van der Waals surface area contributed by atoms with Crippen molar-refractivity contribution in [2.24, 2.45) is 0 Å². The Bertz CT molecular complexity index is 142. The number of hydrogen-bond acceptors (Lipinski definition) is 3. The van der Waals surface area contributed by atoms with Gasteiger partial charge in [0.15, 0.2) is 0 Å². The van der Waals surface area contributed by atoms with Gasteiger partial charge in [0.25, 0.3) is 0 Å². The predicted molar refractivity (Wildman–Crippen MR) is 43.8 cm³/mol. The number of aliphatic carboxylic acids is 1. The molecule has 0 saturated heterocycles. The SMILES string of the molecule is CC(O)(CCCCO)CC(=O)O. The van der Waals surface area contributed by atoms with E-state index in [-0.39, 0.29) is 13.0 Å². The fourth-order valence-corrected chi connectivity index (χ4v) is 1.03. The number of hydrogen-bond donors (Lipinski definition) is 3. The van der Waals surface area contributed by atoms with Crippen molar-refractivity contribution in [2.45, 2.75) is 38.2 Å². The van der Waals surface area contributed by atoms with Crippen molar-refractivity contribution in [2.75, 3.05) is 6.61 Å². The highest BCUT2D eigenvalue weighted by molar-refractivity contribution is 5.67. The topological polar surface area (TPSA) is 77.8 Å². The van der Waals surface area contributed by atoms with E-state index < -0.39 is 11.6 Å². The number of carboxylic acid groups (broad SMARTS) is 1. The molecule has 1 unspecified atom stereocenters. The Kier molecular flexibility index (Phi) is 4.85. The maximum absolute atomic E-state index is 10.2. The van der Waals surface area contributed by atoms with Crippen LogP contribution in [0.4, 0.5) is 0 Å². The van der Waals surface area contributed by atoms with E-state index >= 15 is 0 Å². The first-order chi connectivity index (χ1) is 5.48. The Morgan fingerprint density at radius 2 is 2.00 bits per heavy atom. The Balaban J connectivity index is 3.63. The van der Waals surface area contributed by atoms with Crippen LogP contribution >= 0.6 is 0 Å². The number of unbranched alkanes of at least 4 members (excludes halogenated alkanes) is 1. The summed E-state index contributed by atoms with van der Waals surface area (Å²) in [6.45, 7) is 1.58. The lowest BCUT2D eigenvalue weighted by molar-refractivity contribution is -0.142. The first kappa shape index (κ1) is 11.4. The molecular weight excluding hydrogens is 160 g/mol. The highest BCUT2D eigenvalue weighted by Crippen LogP contribution is 2.17. The zero-order valence-corrected chi connectivity index (χ0v) is 7.29. The molecule has 0 aromatic heterocycles. The van der Waals surface area contributed by atoms with Crippen molar-refractivity contribution < 1.29 is 20.1 Å². The minimum absolute atomic E-state index is 0.0865. The van der Waals surface area contributed by atoms with Crippen molar-refractivity contribution >= 4 is 5.97 Å². The summed E-state index contributed by atoms with van der Waals surface area (Å²) in [5.41, 5.74) is -1.14. The Morgan fingerprint density at radius 1 is 1.42 bits per heavy atom. The van der Waals surface area contributed by atoms with Crippen molar-refractivity contribution in [3.63, 3.8) is 0 Å². The fourth-order valence-electron chi connectivity index (χ4n) is 1.03. The lowest BCUT2D eigenvalue weighted by Gasteiger charge is -2.20. The van der Waals surface area contributed by atoms with Crippen LogP contribution in [0.1, 0.15) is 32.6 Å². The molecule has 4 heteroatoms. The molecule has 0 aliphatic rings. The Morgan fingerprint density at radius 3 is 2.42 bits per heavy atom. The van der Waals surface area contributed by atoms with Gasteiger partial charge in [0.05, 0.1) is 12.0 Å². The summed E-state index contributed by atoms with van der Waals surface area (Å²) in [6, 6.07) is 0. The summed E-state index contributed by atoms with van der Waals surface area (Å²) in [4.78, 5) is 10.2. The molecule has 0 rings (SSSR count). The summed E-state index contributed by atoms with van der Waals surface area (Å²) in [5.74, 6) is -0.996. The van der Waals surface area contributed by atoms with Crippen molar-refractivity contribution in [1.82, 2.24) is 0 Å². The normalized spacial score (nSPS) is 15.6. The lowest BCUT2D eigenvalue weighted by atomic mass is 9.95. The van der Waals surface area contributed by atoms with Crippen LogP contribution in [0.25, 0.3) is 0 Å². The molecule has 0 spiro atoms. The summed E-state index contributed by atoms with van der Waals surface area (Å²) in [5, 5.41) is 26.3. The standard InChI is InChI=1S/C8H16O4/c1-8(12,6-7(10)11)4-2-3-5-9/h9,12H,2-6H2,1H3,(H,10,11). The van der Waals surface area contributed by atoms with Gasteiger partial charge in [-0.3, -0.25) is 4.79 Å². The smallest absolute Gasteiger partial charge is 0.306 e. The maximum Gasteiger partial charge on any atom is 0.306 e. The van der Waals surface area contributed by atoms with Gasteiger partial charge in [0.1, 0.15) is 0 Å². The van der Waals surface area contributed by atoms with E-state index in [1.54, 1.807) is 0 Å². The monoisotopic (exact) mass is 176 g/mol. The van der Waals surface area contributed by atoms with Gasteiger partial charge >= 0.3 is 5.97 Å². The molecule has 1 atom stereocenters. The summed E-state index contributed by atoms with van der Waals surface area (Å²) in [7, 11) is 0. The molecule has 0 fully saturated rings. The average Bonchev–Trinajstić information content (AvgIpc) is 1.84. The molecule has 0 radical (unpaired) electrons. The van der Waals surface area contributed by atoms with Gasteiger partial charge in [-0.2, -0.15) is 0 Å². The van der Waals surface area contributed by atoms with E-state index in [4.69, 9.17) is 10.2 Å². The molecule has 3 N–H and O–H groups in total. The highest BCUT2D eigenvalue weighted by atomic mass is 16.4. The molecule has 0 aliphatic heterocycles. The van der Waals surface area contributed by atoms with Crippen LogP contribution in [0.3, 0.4) is 0 Å². The number of carboxylic acids is 1. The van der Waals surface area contributed by atoms with Gasteiger partial charge in [-0.15, -0.1) is 0 Å². The number of rotatable bonds is 6. The molecule has 0 aromatic rings. The van der Waals surface area contributed by atoms with Gasteiger partial charge in [-0.1, -0.05) is 0 Å². The largest absolute Gasteiger partial charge is 0.481 e. The Labute approximate surface area is 71.8 Å². The third-order valence-corrected chi connectivity index (χ3v) is 1.66. The van der Waals surface area contributed by atoms with Crippen LogP contribution in [0.15, 0.2) is 0 Å². The van der Waals surface area contributed by atoms with Crippen LogP contribution in [-0.2, 0) is 4.79 Å². The van der Waals surface area contributed by atoms with Gasteiger partial charge < -0.3 is 15.3 Å². The average molecular weight is 176 g/mol. The maximum atomic E-state index is 10.2. The first-order valence-corrected chi connectivity index (χ1v) is 4.03. The summed E-state index contributed by atoms with van der Waals surface area (Å²) in [6.07, 6.45) is 1.44. The Hall–Kier alpha value is -0.610. The van der Waals surface area contributed by atoms with Gasteiger partial charge in [0, 0.05) is 6.61 Å². The number of carbonyl (C=O) groups is 1. The van der Waals surface area contributed by atoms with E-state index in [0.717, 1.165) is 0 Å². The fraction of sp³-hybridized carbons (Fsp3) is 0.875. The van der Waals surface area contributed by atoms with Crippen LogP contribution < -0.4 is 0 Å². The molecule has 0 bridgehead atoms. The van der Waals surface area contributed by atoms with E-state index in [0.29, 0.717) is 19.3 Å². The molecule has 0 aromatic carbocycles. The minimum atomic E-state index is -1.14. The van der Waals surface area contributed by atoms with Gasteiger partial charge in [-0.05, 0) is 26.2 Å². The van der Waals surface area contributed by atoms with Crippen molar-refractivity contribution in [3.8, 4) is 0 Å². The van der Waals surface area contributed by atoms with E-state index in [1.165, 1.54) is 6.92 Å². The van der Waals surface area contributed by atoms with Crippen LogP contribution in [-0.4, -0.2) is 33.5 Å². The van der Waals surface area contributed by atoms with Crippen molar-refractivity contribution in [1.29, 1.82) is 0 Å². The third-order valence-electron chi connectivity index (χ3n) is 1.66. The predicted octanol–water partition coefficient (Wildman–Crippen LogP) is 0.375. The van der Waals surface area contributed by atoms with Crippen LogP contribution in [0, 0.1) is 0 Å². The molecule has 0 amide bonds. The molecule has 0 heterocycles. The molecule has 0 saturated carbocycles. The zero-order valence-electron chi connectivity index (χ0n) is 7.29. The van der Waals surface area contributed by atoms with E-state index in [2.05, 4.69) is 0 Å². The molecule has 0 aliphatic carbocycles. The number of aliphatic hydroxyl groups excluding tert-OH is 1. The molecule has 12 heavy (non-hydrogen) atoms. The molecule has 72 valence electrons. The van der Waals surface area contributed by atoms with Gasteiger partial charge in [0.2, 0.25) is 0 Å². The molecule has 4 nitrogen and oxygen atoms in total. The first-order valence-electron chi connectivity index (χ1n) is 4.03. The van der Waals surface area contributed by atoms with Gasteiger partial charge in [-0.25, -0.2) is 0 Å². The molecular formula is C8H16O4. The second-order valence-corrected chi connectivity index (χ2v) is 3.25.